The van der Waals surface area contributed by atoms with Crippen LogP contribution in [-0.2, 0) is 9.53 Å². The first-order chi connectivity index (χ1) is 14.6. The summed E-state index contributed by atoms with van der Waals surface area (Å²) in [5.41, 5.74) is 5.51. The first kappa shape index (κ1) is 19.2. The first-order valence-electron chi connectivity index (χ1n) is 9.65. The number of hydrogen-bond acceptors (Lipinski definition) is 5. The Bertz CT molecular complexity index is 1050. The van der Waals surface area contributed by atoms with Gasteiger partial charge in [-0.25, -0.2) is 9.59 Å². The van der Waals surface area contributed by atoms with E-state index in [4.69, 9.17) is 4.74 Å². The summed E-state index contributed by atoms with van der Waals surface area (Å²) in [5.74, 6) is -0.715. The summed E-state index contributed by atoms with van der Waals surface area (Å²) in [7, 11) is 0. The smallest absolute Gasteiger partial charge is 0.411 e. The monoisotopic (exact) mass is 437 g/mol. The number of rotatable bonds is 4. The van der Waals surface area contributed by atoms with Crippen LogP contribution < -0.4 is 0 Å². The van der Waals surface area contributed by atoms with E-state index >= 15 is 0 Å². The van der Waals surface area contributed by atoms with Crippen LogP contribution >= 0.6 is 23.1 Å². The van der Waals surface area contributed by atoms with Crippen molar-refractivity contribution in [1.29, 1.82) is 0 Å². The molecule has 0 radical (unpaired) electrons. The van der Waals surface area contributed by atoms with Gasteiger partial charge in [-0.1, -0.05) is 48.5 Å². The SMILES string of the molecule is O=C(O)C1CSC(c2ccsc2)N1C(=O)OCC1c2ccccc2-c2ccccc21. The molecular weight excluding hydrogens is 418 g/mol. The minimum absolute atomic E-state index is 0.0560. The number of thioether (sulfide) groups is 1. The fourth-order valence-electron chi connectivity index (χ4n) is 4.26. The molecule has 0 bridgehead atoms. The highest BCUT2D eigenvalue weighted by Gasteiger charge is 2.44. The lowest BCUT2D eigenvalue weighted by Crippen LogP contribution is -2.43. The maximum absolute atomic E-state index is 13.1. The van der Waals surface area contributed by atoms with E-state index in [0.717, 1.165) is 27.8 Å². The van der Waals surface area contributed by atoms with Crippen LogP contribution in [0.5, 0.6) is 0 Å². The molecule has 3 aromatic rings. The molecule has 1 aliphatic heterocycles. The molecule has 2 heterocycles. The predicted octanol–water partition coefficient (Wildman–Crippen LogP) is 5.20. The van der Waals surface area contributed by atoms with Crippen molar-refractivity contribution in [3.8, 4) is 11.1 Å². The summed E-state index contributed by atoms with van der Waals surface area (Å²) in [4.78, 5) is 26.2. The number of carboxylic acids is 1. The Kier molecular flexibility index (Phi) is 5.00. The summed E-state index contributed by atoms with van der Waals surface area (Å²) in [6.07, 6.45) is -0.578. The molecule has 2 aromatic carbocycles. The Morgan fingerprint density at radius 3 is 2.30 bits per heavy atom. The van der Waals surface area contributed by atoms with Crippen molar-refractivity contribution in [2.45, 2.75) is 17.3 Å². The van der Waals surface area contributed by atoms with Crippen LogP contribution in [0.3, 0.4) is 0 Å². The third kappa shape index (κ3) is 3.18. The third-order valence-electron chi connectivity index (χ3n) is 5.66. The fourth-order valence-corrected chi connectivity index (χ4v) is 6.43. The number of amides is 1. The minimum Gasteiger partial charge on any atom is -0.480 e. The van der Waals surface area contributed by atoms with E-state index in [-0.39, 0.29) is 17.9 Å². The molecule has 0 spiro atoms. The highest BCUT2D eigenvalue weighted by Crippen LogP contribution is 2.45. The van der Waals surface area contributed by atoms with Gasteiger partial charge in [-0.05, 0) is 44.6 Å². The van der Waals surface area contributed by atoms with Gasteiger partial charge in [0, 0.05) is 11.7 Å². The van der Waals surface area contributed by atoms with Crippen LogP contribution in [0.25, 0.3) is 11.1 Å². The van der Waals surface area contributed by atoms with E-state index in [0.29, 0.717) is 5.75 Å². The van der Waals surface area contributed by atoms with E-state index in [1.54, 1.807) is 0 Å². The topological polar surface area (TPSA) is 66.8 Å². The van der Waals surface area contributed by atoms with Crippen molar-refractivity contribution in [3.05, 3.63) is 82.0 Å². The van der Waals surface area contributed by atoms with Crippen molar-refractivity contribution < 1.29 is 19.4 Å². The Labute approximate surface area is 182 Å². The third-order valence-corrected chi connectivity index (χ3v) is 7.69. The van der Waals surface area contributed by atoms with Gasteiger partial charge in [-0.3, -0.25) is 4.90 Å². The average molecular weight is 438 g/mol. The van der Waals surface area contributed by atoms with Crippen molar-refractivity contribution >= 4 is 35.2 Å². The lowest BCUT2D eigenvalue weighted by atomic mass is 9.98. The second-order valence-electron chi connectivity index (χ2n) is 7.31. The predicted molar refractivity (Wildman–Crippen MR) is 118 cm³/mol. The van der Waals surface area contributed by atoms with E-state index in [1.807, 2.05) is 41.1 Å². The lowest BCUT2D eigenvalue weighted by molar-refractivity contribution is -0.141. The molecule has 2 unspecified atom stereocenters. The molecule has 1 N–H and O–H groups in total. The summed E-state index contributed by atoms with van der Waals surface area (Å²) in [6, 6.07) is 17.3. The highest BCUT2D eigenvalue weighted by molar-refractivity contribution is 7.99. The molecule has 1 aromatic heterocycles. The number of nitrogens with zero attached hydrogens (tertiary/aromatic N) is 1. The number of carbonyl (C=O) groups is 2. The second kappa shape index (κ2) is 7.81. The molecule has 0 saturated carbocycles. The zero-order chi connectivity index (χ0) is 20.7. The zero-order valence-corrected chi connectivity index (χ0v) is 17.6. The molecule has 30 heavy (non-hydrogen) atoms. The largest absolute Gasteiger partial charge is 0.480 e. The molecule has 5 nitrogen and oxygen atoms in total. The van der Waals surface area contributed by atoms with Gasteiger partial charge in [0.1, 0.15) is 18.0 Å². The quantitative estimate of drug-likeness (QED) is 0.608. The number of hydrogen-bond donors (Lipinski definition) is 1. The number of thiophene rings is 1. The van der Waals surface area contributed by atoms with Gasteiger partial charge in [-0.15, -0.1) is 11.8 Å². The second-order valence-corrected chi connectivity index (χ2v) is 9.20. The molecule has 1 fully saturated rings. The van der Waals surface area contributed by atoms with Crippen molar-refractivity contribution in [2.75, 3.05) is 12.4 Å². The Hall–Kier alpha value is -2.77. The molecule has 7 heteroatoms. The number of ether oxygens (including phenoxy) is 1. The van der Waals surface area contributed by atoms with Crippen molar-refractivity contribution in [2.24, 2.45) is 0 Å². The fraction of sp³-hybridized carbons (Fsp3) is 0.217. The number of benzene rings is 2. The standard InChI is InChI=1S/C23H19NO4S2/c25-22(26)20-13-30-21(14-9-10-29-12-14)24(20)23(27)28-11-19-17-7-3-1-5-15(17)16-6-2-4-8-18(16)19/h1-10,12,19-21H,11,13H2,(H,25,26). The van der Waals surface area contributed by atoms with Crippen LogP contribution in [0.1, 0.15) is 28.0 Å². The average Bonchev–Trinajstić information content (AvgIpc) is 3.49. The number of carbonyl (C=O) groups excluding carboxylic acids is 1. The van der Waals surface area contributed by atoms with Crippen LogP contribution in [0.4, 0.5) is 4.79 Å². The van der Waals surface area contributed by atoms with Crippen molar-refractivity contribution in [3.63, 3.8) is 0 Å². The molecular formula is C23H19NO4S2. The van der Waals surface area contributed by atoms with Gasteiger partial charge < -0.3 is 9.84 Å². The minimum atomic E-state index is -1.01. The molecule has 5 rings (SSSR count). The zero-order valence-electron chi connectivity index (χ0n) is 15.9. The Balaban J connectivity index is 1.39. The number of fused-ring (bicyclic) bond motifs is 3. The first-order valence-corrected chi connectivity index (χ1v) is 11.6. The maximum Gasteiger partial charge on any atom is 0.411 e. The normalized spacial score (nSPS) is 20.1. The molecule has 152 valence electrons. The van der Waals surface area contributed by atoms with Crippen LogP contribution in [-0.4, -0.2) is 40.5 Å². The van der Waals surface area contributed by atoms with Gasteiger partial charge in [0.25, 0.3) is 0 Å². The van der Waals surface area contributed by atoms with Crippen LogP contribution in [0, 0.1) is 0 Å². The highest BCUT2D eigenvalue weighted by atomic mass is 32.2. The van der Waals surface area contributed by atoms with Gasteiger partial charge in [0.2, 0.25) is 0 Å². The number of carboxylic acid groups (broad SMARTS) is 1. The molecule has 2 atom stereocenters. The summed E-state index contributed by atoms with van der Waals surface area (Å²) in [6.45, 7) is 0.177. The van der Waals surface area contributed by atoms with E-state index in [2.05, 4.69) is 24.3 Å². The molecule has 2 aliphatic rings. The molecule has 1 saturated heterocycles. The Morgan fingerprint density at radius 1 is 1.03 bits per heavy atom. The van der Waals surface area contributed by atoms with Gasteiger partial charge in [0.05, 0.1) is 0 Å². The Morgan fingerprint density at radius 2 is 1.70 bits per heavy atom. The van der Waals surface area contributed by atoms with Crippen LogP contribution in [0.15, 0.2) is 65.4 Å². The van der Waals surface area contributed by atoms with Gasteiger partial charge in [0.15, 0.2) is 0 Å². The van der Waals surface area contributed by atoms with E-state index in [1.165, 1.54) is 28.0 Å². The summed E-state index contributed by atoms with van der Waals surface area (Å²) >= 11 is 2.99. The maximum atomic E-state index is 13.1. The number of aliphatic carboxylic acids is 1. The van der Waals surface area contributed by atoms with E-state index < -0.39 is 18.1 Å². The lowest BCUT2D eigenvalue weighted by Gasteiger charge is -2.27. The molecule has 1 aliphatic carbocycles. The van der Waals surface area contributed by atoms with Gasteiger partial charge in [-0.2, -0.15) is 11.3 Å². The van der Waals surface area contributed by atoms with Crippen molar-refractivity contribution in [1.82, 2.24) is 4.90 Å². The van der Waals surface area contributed by atoms with E-state index in [9.17, 15) is 14.7 Å². The van der Waals surface area contributed by atoms with Crippen LogP contribution in [0.2, 0.25) is 0 Å². The summed E-state index contributed by atoms with van der Waals surface area (Å²) in [5, 5.41) is 13.2. The van der Waals surface area contributed by atoms with Gasteiger partial charge >= 0.3 is 12.1 Å². The molecule has 1 amide bonds. The summed E-state index contributed by atoms with van der Waals surface area (Å²) < 4.78 is 5.75.